The Morgan fingerprint density at radius 1 is 0.913 bits per heavy atom. The van der Waals surface area contributed by atoms with E-state index in [0.29, 0.717) is 34.2 Å². The maximum Gasteiger partial charge on any atom is 0.435 e. The second-order valence-corrected chi connectivity index (χ2v) is 12.0. The maximum absolute atomic E-state index is 14.3. The number of para-hydroxylation sites is 1. The van der Waals surface area contributed by atoms with Gasteiger partial charge in [-0.25, -0.2) is 14.1 Å². The number of thioether (sulfide) groups is 1. The van der Waals surface area contributed by atoms with Crippen LogP contribution in [0.15, 0.2) is 89.3 Å². The summed E-state index contributed by atoms with van der Waals surface area (Å²) in [5.41, 5.74) is -5.02. The van der Waals surface area contributed by atoms with Gasteiger partial charge >= 0.3 is 18.0 Å². The third-order valence-electron chi connectivity index (χ3n) is 7.27. The monoisotopic (exact) mass is 664 g/mol. The summed E-state index contributed by atoms with van der Waals surface area (Å²) in [4.78, 5) is 5.94. The van der Waals surface area contributed by atoms with Gasteiger partial charge in [-0.15, -0.1) is 10.2 Å². The minimum Gasteiger partial charge on any atom is -0.370 e. The minimum absolute atomic E-state index is 0.0749. The van der Waals surface area contributed by atoms with Crippen LogP contribution in [0.5, 0.6) is 0 Å². The summed E-state index contributed by atoms with van der Waals surface area (Å²) in [6, 6.07) is 17.3. The zero-order valence-electron chi connectivity index (χ0n) is 24.6. The van der Waals surface area contributed by atoms with Crippen LogP contribution in [0.2, 0.25) is 0 Å². The Labute approximate surface area is 263 Å². The molecule has 0 aliphatic carbocycles. The standard InChI is InChI=1S/C31H27F7N6OS/c1-19(2)24-6-4-5-7-25(24)44-27(46-17-28(44,3)45)41-40-16-20-8-10-21(11-9-20)26-39-18-43(42-26)23-14-12-22(13-15-23)29(32,30(33,34)35)31(36,37)38/h4-16,18-19,45H,17H2,1-3H3/b40-16+,41-27-. The van der Waals surface area contributed by atoms with Gasteiger partial charge in [-0.3, -0.25) is 4.90 Å². The molecular formula is C31H27F7N6OS. The van der Waals surface area contributed by atoms with E-state index < -0.39 is 29.3 Å². The summed E-state index contributed by atoms with van der Waals surface area (Å²) in [7, 11) is 0. The molecule has 1 unspecified atom stereocenters. The van der Waals surface area contributed by atoms with Crippen molar-refractivity contribution in [1.29, 1.82) is 0 Å². The zero-order chi connectivity index (χ0) is 33.5. The lowest BCUT2D eigenvalue weighted by Crippen LogP contribution is -2.50. The Balaban J connectivity index is 1.31. The number of nitrogens with zero attached hydrogens (tertiary/aromatic N) is 6. The van der Waals surface area contributed by atoms with Gasteiger partial charge in [0, 0.05) is 22.6 Å². The second kappa shape index (κ2) is 12.2. The quantitative estimate of drug-likeness (QED) is 0.123. The highest BCUT2D eigenvalue weighted by atomic mass is 32.2. The number of aliphatic hydroxyl groups is 1. The SMILES string of the molecule is CC(C)c1ccccc1N1/C(=N/N=C/c2ccc(-c3ncn(-c4ccc(C(F)(C(F)(F)F)C(F)(F)F)cc4)n3)cc2)SCC1(C)O. The summed E-state index contributed by atoms with van der Waals surface area (Å²) >= 11 is 1.39. The number of alkyl halides is 7. The van der Waals surface area contributed by atoms with Crippen molar-refractivity contribution in [3.8, 4) is 17.1 Å². The molecule has 1 atom stereocenters. The first kappa shape index (κ1) is 33.1. The molecular weight excluding hydrogens is 637 g/mol. The molecule has 242 valence electrons. The summed E-state index contributed by atoms with van der Waals surface area (Å²) in [5.74, 6) is 0.854. The summed E-state index contributed by atoms with van der Waals surface area (Å²) in [5, 5.41) is 24.5. The third-order valence-corrected chi connectivity index (χ3v) is 8.48. The van der Waals surface area contributed by atoms with Crippen molar-refractivity contribution in [2.45, 2.75) is 50.4 Å². The molecule has 1 N–H and O–H groups in total. The average molecular weight is 665 g/mol. The molecule has 4 aromatic rings. The fraction of sp³-hybridized carbons (Fsp3) is 0.290. The van der Waals surface area contributed by atoms with Gasteiger partial charge in [-0.2, -0.15) is 31.4 Å². The van der Waals surface area contributed by atoms with Gasteiger partial charge < -0.3 is 5.11 Å². The minimum atomic E-state index is -6.20. The van der Waals surface area contributed by atoms with E-state index in [-0.39, 0.29) is 17.4 Å². The highest BCUT2D eigenvalue weighted by Gasteiger charge is 2.73. The Morgan fingerprint density at radius 3 is 2.15 bits per heavy atom. The highest BCUT2D eigenvalue weighted by molar-refractivity contribution is 8.14. The number of rotatable bonds is 7. The van der Waals surface area contributed by atoms with E-state index in [1.807, 2.05) is 24.3 Å². The van der Waals surface area contributed by atoms with Crippen LogP contribution in [-0.2, 0) is 5.67 Å². The molecule has 0 bridgehead atoms. The normalized spacial score (nSPS) is 18.8. The molecule has 15 heteroatoms. The Hall–Kier alpha value is -4.24. The van der Waals surface area contributed by atoms with Crippen molar-refractivity contribution in [2.75, 3.05) is 10.7 Å². The zero-order valence-corrected chi connectivity index (χ0v) is 25.4. The molecule has 7 nitrogen and oxygen atoms in total. The number of hydrogen-bond donors (Lipinski definition) is 1. The fourth-order valence-electron chi connectivity index (χ4n) is 4.87. The predicted octanol–water partition coefficient (Wildman–Crippen LogP) is 8.00. The second-order valence-electron chi connectivity index (χ2n) is 11.0. The van der Waals surface area contributed by atoms with Crippen molar-refractivity contribution in [1.82, 2.24) is 14.8 Å². The van der Waals surface area contributed by atoms with E-state index in [1.165, 1.54) is 24.3 Å². The molecule has 1 aliphatic heterocycles. The van der Waals surface area contributed by atoms with E-state index in [0.717, 1.165) is 28.1 Å². The first-order valence-electron chi connectivity index (χ1n) is 13.8. The fourth-order valence-corrected chi connectivity index (χ4v) is 5.93. The van der Waals surface area contributed by atoms with E-state index in [1.54, 1.807) is 36.1 Å². The Bertz CT molecular complexity index is 1730. The van der Waals surface area contributed by atoms with Crippen LogP contribution in [0.1, 0.15) is 43.4 Å². The summed E-state index contributed by atoms with van der Waals surface area (Å²) in [6.45, 7) is 5.87. The van der Waals surface area contributed by atoms with Gasteiger partial charge in [0.1, 0.15) is 6.33 Å². The number of hydrogen-bond acceptors (Lipinski definition) is 6. The van der Waals surface area contributed by atoms with Crippen molar-refractivity contribution in [3.05, 3.63) is 95.8 Å². The predicted molar refractivity (Wildman–Crippen MR) is 163 cm³/mol. The van der Waals surface area contributed by atoms with E-state index in [4.69, 9.17) is 0 Å². The molecule has 46 heavy (non-hydrogen) atoms. The van der Waals surface area contributed by atoms with Crippen molar-refractivity contribution < 1.29 is 35.8 Å². The van der Waals surface area contributed by atoms with Gasteiger partial charge in [0.2, 0.25) is 0 Å². The number of aromatic nitrogens is 3. The van der Waals surface area contributed by atoms with Crippen LogP contribution in [0.25, 0.3) is 17.1 Å². The summed E-state index contributed by atoms with van der Waals surface area (Å²) in [6.07, 6.45) is -9.64. The molecule has 5 rings (SSSR count). The smallest absolute Gasteiger partial charge is 0.370 e. The van der Waals surface area contributed by atoms with E-state index >= 15 is 0 Å². The molecule has 2 heterocycles. The molecule has 1 saturated heterocycles. The van der Waals surface area contributed by atoms with E-state index in [9.17, 15) is 35.8 Å². The molecule has 0 amide bonds. The molecule has 1 aliphatic rings. The third kappa shape index (κ3) is 6.25. The van der Waals surface area contributed by atoms with Gasteiger partial charge in [-0.05, 0) is 42.2 Å². The van der Waals surface area contributed by atoms with Crippen LogP contribution >= 0.6 is 11.8 Å². The lowest BCUT2D eigenvalue weighted by molar-refractivity contribution is -0.348. The average Bonchev–Trinajstić information content (AvgIpc) is 3.60. The number of benzene rings is 3. The molecule has 0 saturated carbocycles. The first-order valence-corrected chi connectivity index (χ1v) is 14.8. The maximum atomic E-state index is 14.3. The molecule has 3 aromatic carbocycles. The topological polar surface area (TPSA) is 78.9 Å². The molecule has 1 aromatic heterocycles. The van der Waals surface area contributed by atoms with Gasteiger partial charge in [0.05, 0.1) is 11.9 Å². The van der Waals surface area contributed by atoms with Crippen molar-refractivity contribution in [2.24, 2.45) is 10.2 Å². The lowest BCUT2D eigenvalue weighted by Gasteiger charge is -2.32. The number of anilines is 1. The molecule has 1 fully saturated rings. The van der Waals surface area contributed by atoms with Gasteiger partial charge in [0.15, 0.2) is 16.7 Å². The number of halogens is 7. The van der Waals surface area contributed by atoms with Gasteiger partial charge in [0.25, 0.3) is 0 Å². The number of amidine groups is 1. The molecule has 0 radical (unpaired) electrons. The van der Waals surface area contributed by atoms with Crippen LogP contribution in [0.4, 0.5) is 36.4 Å². The van der Waals surface area contributed by atoms with E-state index in [2.05, 4.69) is 34.1 Å². The van der Waals surface area contributed by atoms with Gasteiger partial charge in [-0.1, -0.05) is 80.2 Å². The molecule has 0 spiro atoms. The lowest BCUT2D eigenvalue weighted by atomic mass is 9.94. The first-order chi connectivity index (χ1) is 21.5. The van der Waals surface area contributed by atoms with Crippen LogP contribution in [0.3, 0.4) is 0 Å². The summed E-state index contributed by atoms with van der Waals surface area (Å²) < 4.78 is 93.9. The van der Waals surface area contributed by atoms with Crippen molar-refractivity contribution >= 4 is 28.8 Å². The van der Waals surface area contributed by atoms with Crippen LogP contribution < -0.4 is 4.90 Å². The van der Waals surface area contributed by atoms with Crippen molar-refractivity contribution in [3.63, 3.8) is 0 Å². The van der Waals surface area contributed by atoms with Crippen LogP contribution in [-0.4, -0.2) is 55.1 Å². The largest absolute Gasteiger partial charge is 0.435 e. The Kier molecular flexibility index (Phi) is 8.77. The Morgan fingerprint density at radius 2 is 1.54 bits per heavy atom. The highest BCUT2D eigenvalue weighted by Crippen LogP contribution is 2.53. The van der Waals surface area contributed by atoms with Crippen LogP contribution in [0, 0.1) is 0 Å².